The monoisotopic (exact) mass is 325 g/mol. The molecule has 98 valence electrons. The van der Waals surface area contributed by atoms with E-state index in [1.165, 1.54) is 13.0 Å². The highest BCUT2D eigenvalue weighted by atomic mass is 79.9. The fourth-order valence-electron chi connectivity index (χ4n) is 1.62. The Morgan fingerprint density at radius 1 is 1.21 bits per heavy atom. The van der Waals surface area contributed by atoms with E-state index in [2.05, 4.69) is 21.2 Å². The number of amides is 1. The summed E-state index contributed by atoms with van der Waals surface area (Å²) in [6, 6.07) is 9.14. The van der Waals surface area contributed by atoms with Gasteiger partial charge in [0.1, 0.15) is 17.2 Å². The first-order valence-electron chi connectivity index (χ1n) is 5.50. The number of anilines is 1. The van der Waals surface area contributed by atoms with Crippen molar-refractivity contribution < 1.29 is 13.6 Å². The zero-order valence-corrected chi connectivity index (χ0v) is 11.6. The first-order chi connectivity index (χ1) is 8.99. The number of hydrogen-bond acceptors (Lipinski definition) is 1. The largest absolute Gasteiger partial charge is 0.322 e. The lowest BCUT2D eigenvalue weighted by Gasteiger charge is -2.08. The summed E-state index contributed by atoms with van der Waals surface area (Å²) >= 11 is 3.25. The van der Waals surface area contributed by atoms with Crippen LogP contribution in [0.15, 0.2) is 40.9 Å². The molecule has 0 spiro atoms. The summed E-state index contributed by atoms with van der Waals surface area (Å²) in [5.41, 5.74) is 0.112. The number of hydrogen-bond donors (Lipinski definition) is 1. The van der Waals surface area contributed by atoms with E-state index in [1.54, 1.807) is 24.3 Å². The predicted octanol–water partition coefficient (Wildman–Crippen LogP) is 4.29. The number of carbonyl (C=O) groups is 1. The first-order valence-corrected chi connectivity index (χ1v) is 6.30. The Labute approximate surface area is 117 Å². The average Bonchev–Trinajstić information content (AvgIpc) is 2.34. The summed E-state index contributed by atoms with van der Waals surface area (Å²) < 4.78 is 28.1. The van der Waals surface area contributed by atoms with Gasteiger partial charge < -0.3 is 5.32 Å². The zero-order valence-electron chi connectivity index (χ0n) is 10.0. The molecule has 19 heavy (non-hydrogen) atoms. The second-order valence-electron chi connectivity index (χ2n) is 4.02. The van der Waals surface area contributed by atoms with Crippen LogP contribution >= 0.6 is 15.9 Å². The van der Waals surface area contributed by atoms with Crippen molar-refractivity contribution in [3.8, 4) is 0 Å². The third kappa shape index (κ3) is 2.98. The van der Waals surface area contributed by atoms with Crippen LogP contribution in [0, 0.1) is 18.6 Å². The molecule has 2 aromatic carbocycles. The Morgan fingerprint density at radius 2 is 1.95 bits per heavy atom. The highest BCUT2D eigenvalue weighted by Crippen LogP contribution is 2.20. The van der Waals surface area contributed by atoms with Crippen molar-refractivity contribution in [2.45, 2.75) is 6.92 Å². The number of rotatable bonds is 2. The van der Waals surface area contributed by atoms with Gasteiger partial charge in [-0.1, -0.05) is 28.1 Å². The molecule has 0 aliphatic heterocycles. The van der Waals surface area contributed by atoms with Gasteiger partial charge in [-0.15, -0.1) is 0 Å². The fourth-order valence-corrected chi connectivity index (χ4v) is 2.02. The molecule has 0 radical (unpaired) electrons. The summed E-state index contributed by atoms with van der Waals surface area (Å²) in [6.07, 6.45) is 0. The van der Waals surface area contributed by atoms with Crippen LogP contribution in [0.25, 0.3) is 0 Å². The maximum Gasteiger partial charge on any atom is 0.261 e. The van der Waals surface area contributed by atoms with Crippen molar-refractivity contribution >= 4 is 27.5 Å². The van der Waals surface area contributed by atoms with E-state index >= 15 is 0 Å². The fraction of sp³-hybridized carbons (Fsp3) is 0.0714. The first kappa shape index (κ1) is 13.7. The second kappa shape index (κ2) is 5.48. The maximum atomic E-state index is 13.8. The molecular weight excluding hydrogens is 316 g/mol. The van der Waals surface area contributed by atoms with Crippen LogP contribution in [-0.4, -0.2) is 5.91 Å². The highest BCUT2D eigenvalue weighted by Gasteiger charge is 2.19. The smallest absolute Gasteiger partial charge is 0.261 e. The van der Waals surface area contributed by atoms with Gasteiger partial charge >= 0.3 is 0 Å². The van der Waals surface area contributed by atoms with Crippen molar-refractivity contribution in [2.75, 3.05) is 5.32 Å². The van der Waals surface area contributed by atoms with Gasteiger partial charge in [0.05, 0.1) is 0 Å². The Kier molecular flexibility index (Phi) is 3.95. The predicted molar refractivity (Wildman–Crippen MR) is 73.2 cm³/mol. The van der Waals surface area contributed by atoms with Gasteiger partial charge in [-0.25, -0.2) is 8.78 Å². The van der Waals surface area contributed by atoms with E-state index in [9.17, 15) is 13.6 Å². The molecule has 0 unspecified atom stereocenters. The van der Waals surface area contributed by atoms with E-state index < -0.39 is 23.1 Å². The van der Waals surface area contributed by atoms with Crippen molar-refractivity contribution in [3.05, 3.63) is 63.6 Å². The van der Waals surface area contributed by atoms with E-state index in [4.69, 9.17) is 0 Å². The van der Waals surface area contributed by atoms with Crippen LogP contribution in [0.4, 0.5) is 14.5 Å². The van der Waals surface area contributed by atoms with Crippen molar-refractivity contribution in [1.29, 1.82) is 0 Å². The average molecular weight is 326 g/mol. The molecule has 1 amide bonds. The van der Waals surface area contributed by atoms with Crippen LogP contribution in [-0.2, 0) is 0 Å². The summed E-state index contributed by atoms with van der Waals surface area (Å²) in [4.78, 5) is 11.9. The van der Waals surface area contributed by atoms with Crippen LogP contribution in [0.1, 0.15) is 15.9 Å². The van der Waals surface area contributed by atoms with Gasteiger partial charge in [0.25, 0.3) is 5.91 Å². The molecule has 0 saturated heterocycles. The third-order valence-corrected chi connectivity index (χ3v) is 3.09. The molecule has 0 aromatic heterocycles. The van der Waals surface area contributed by atoms with Gasteiger partial charge in [0.15, 0.2) is 0 Å². The lowest BCUT2D eigenvalue weighted by molar-refractivity contribution is 0.101. The number of benzene rings is 2. The maximum absolute atomic E-state index is 13.8. The van der Waals surface area contributed by atoms with Crippen molar-refractivity contribution in [3.63, 3.8) is 0 Å². The van der Waals surface area contributed by atoms with Crippen LogP contribution in [0.3, 0.4) is 0 Å². The molecule has 2 rings (SSSR count). The number of carbonyl (C=O) groups excluding carboxylic acids is 1. The molecule has 2 nitrogen and oxygen atoms in total. The molecule has 0 saturated carbocycles. The molecule has 0 heterocycles. The molecule has 0 atom stereocenters. The topological polar surface area (TPSA) is 29.1 Å². The van der Waals surface area contributed by atoms with Crippen LogP contribution in [0.2, 0.25) is 0 Å². The minimum Gasteiger partial charge on any atom is -0.322 e. The summed E-state index contributed by atoms with van der Waals surface area (Å²) in [6.45, 7) is 1.48. The second-order valence-corrected chi connectivity index (χ2v) is 4.93. The third-order valence-electron chi connectivity index (χ3n) is 2.59. The lowest BCUT2D eigenvalue weighted by Crippen LogP contribution is -2.16. The van der Waals surface area contributed by atoms with E-state index in [0.29, 0.717) is 5.69 Å². The number of aryl methyl sites for hydroxylation is 1. The highest BCUT2D eigenvalue weighted by molar-refractivity contribution is 9.10. The molecule has 5 heteroatoms. The van der Waals surface area contributed by atoms with Crippen LogP contribution < -0.4 is 5.32 Å². The van der Waals surface area contributed by atoms with E-state index in [0.717, 1.165) is 10.5 Å². The molecule has 0 bridgehead atoms. The summed E-state index contributed by atoms with van der Waals surface area (Å²) in [5.74, 6) is -2.53. The van der Waals surface area contributed by atoms with Gasteiger partial charge in [-0.3, -0.25) is 4.79 Å². The summed E-state index contributed by atoms with van der Waals surface area (Å²) in [7, 11) is 0. The normalized spacial score (nSPS) is 10.3. The Morgan fingerprint density at radius 3 is 2.63 bits per heavy atom. The SMILES string of the molecule is Cc1ccc(F)c(C(=O)Nc2cccc(Br)c2)c1F. The van der Waals surface area contributed by atoms with Gasteiger partial charge in [-0.2, -0.15) is 0 Å². The van der Waals surface area contributed by atoms with Gasteiger partial charge in [0.2, 0.25) is 0 Å². The standard InChI is InChI=1S/C14H10BrF2NO/c1-8-5-6-11(16)12(13(8)17)14(19)18-10-4-2-3-9(15)7-10/h2-7H,1H3,(H,18,19). The molecule has 1 N–H and O–H groups in total. The van der Waals surface area contributed by atoms with Crippen molar-refractivity contribution in [1.82, 2.24) is 0 Å². The van der Waals surface area contributed by atoms with E-state index in [1.807, 2.05) is 0 Å². The van der Waals surface area contributed by atoms with Crippen LogP contribution in [0.5, 0.6) is 0 Å². The molecule has 0 aliphatic carbocycles. The Hall–Kier alpha value is -1.75. The molecule has 0 fully saturated rings. The zero-order chi connectivity index (χ0) is 14.0. The van der Waals surface area contributed by atoms with Gasteiger partial charge in [-0.05, 0) is 36.8 Å². The Bertz CT molecular complexity index is 643. The van der Waals surface area contributed by atoms with Gasteiger partial charge in [0, 0.05) is 10.2 Å². The van der Waals surface area contributed by atoms with E-state index in [-0.39, 0.29) is 5.56 Å². The minimum absolute atomic E-state index is 0.223. The van der Waals surface area contributed by atoms with Crippen molar-refractivity contribution in [2.24, 2.45) is 0 Å². The molecular formula is C14H10BrF2NO. The quantitative estimate of drug-likeness (QED) is 0.876. The lowest BCUT2D eigenvalue weighted by atomic mass is 10.1. The Balaban J connectivity index is 2.33. The summed E-state index contributed by atoms with van der Waals surface area (Å²) in [5, 5.41) is 2.46. The molecule has 2 aromatic rings. The minimum atomic E-state index is -0.879. The number of nitrogens with one attached hydrogen (secondary N) is 1. The molecule has 0 aliphatic rings. The number of halogens is 3.